The zero-order valence-corrected chi connectivity index (χ0v) is 12.6. The number of hydrogen-bond acceptors (Lipinski definition) is 2. The molecule has 0 saturated carbocycles. The van der Waals surface area contributed by atoms with Gasteiger partial charge in [-0.1, -0.05) is 42.0 Å². The van der Waals surface area contributed by atoms with Crippen molar-refractivity contribution in [3.8, 4) is 0 Å². The van der Waals surface area contributed by atoms with E-state index in [-0.39, 0.29) is 11.9 Å². The first kappa shape index (κ1) is 13.8. The fourth-order valence-corrected chi connectivity index (χ4v) is 2.75. The molecule has 0 radical (unpaired) electrons. The van der Waals surface area contributed by atoms with Crippen LogP contribution in [0.4, 0.5) is 5.69 Å². The molecule has 2 aromatic rings. The monoisotopic (exact) mass is 280 g/mol. The van der Waals surface area contributed by atoms with E-state index < -0.39 is 5.41 Å². The van der Waals surface area contributed by atoms with Crippen LogP contribution in [0.15, 0.2) is 42.5 Å². The smallest absolute Gasteiger partial charge is 0.234 e. The molecule has 1 atom stereocenters. The lowest BCUT2D eigenvalue weighted by molar-refractivity contribution is -0.119. The van der Waals surface area contributed by atoms with Crippen LogP contribution in [-0.4, -0.2) is 5.91 Å². The van der Waals surface area contributed by atoms with Gasteiger partial charge < -0.3 is 11.1 Å². The molecule has 2 aromatic carbocycles. The van der Waals surface area contributed by atoms with Gasteiger partial charge in [0, 0.05) is 5.69 Å². The SMILES string of the molecule is Cc1ccc(C(N)c2ccc3c(c2)C(C)(C)C(=O)N3)cc1. The Labute approximate surface area is 125 Å². The highest BCUT2D eigenvalue weighted by molar-refractivity contribution is 6.05. The Kier molecular flexibility index (Phi) is 3.10. The first-order valence-electron chi connectivity index (χ1n) is 7.17. The number of aryl methyl sites for hydroxylation is 1. The van der Waals surface area contributed by atoms with Crippen LogP contribution >= 0.6 is 0 Å². The van der Waals surface area contributed by atoms with Crippen LogP contribution in [0.3, 0.4) is 0 Å². The average Bonchev–Trinajstić information content (AvgIpc) is 2.69. The van der Waals surface area contributed by atoms with E-state index in [1.165, 1.54) is 5.56 Å². The van der Waals surface area contributed by atoms with Crippen LogP contribution < -0.4 is 11.1 Å². The molecule has 0 spiro atoms. The van der Waals surface area contributed by atoms with Gasteiger partial charge in [0.2, 0.25) is 5.91 Å². The van der Waals surface area contributed by atoms with E-state index in [9.17, 15) is 4.79 Å². The minimum Gasteiger partial charge on any atom is -0.325 e. The zero-order chi connectivity index (χ0) is 15.2. The minimum absolute atomic E-state index is 0.0403. The maximum atomic E-state index is 12.0. The number of carbonyl (C=O) groups is 1. The second-order valence-electron chi connectivity index (χ2n) is 6.27. The maximum Gasteiger partial charge on any atom is 0.234 e. The molecule has 0 aliphatic carbocycles. The maximum absolute atomic E-state index is 12.0. The molecule has 3 nitrogen and oxygen atoms in total. The van der Waals surface area contributed by atoms with Crippen molar-refractivity contribution in [2.45, 2.75) is 32.2 Å². The molecule has 0 fully saturated rings. The third-order valence-corrected chi connectivity index (χ3v) is 4.33. The average molecular weight is 280 g/mol. The number of benzene rings is 2. The lowest BCUT2D eigenvalue weighted by Crippen LogP contribution is -2.27. The Hall–Kier alpha value is -2.13. The van der Waals surface area contributed by atoms with E-state index in [2.05, 4.69) is 42.6 Å². The number of amides is 1. The third kappa shape index (κ3) is 2.24. The molecule has 1 amide bonds. The Morgan fingerprint density at radius 1 is 1.05 bits per heavy atom. The van der Waals surface area contributed by atoms with Crippen LogP contribution in [0.1, 0.15) is 42.1 Å². The van der Waals surface area contributed by atoms with Crippen molar-refractivity contribution < 1.29 is 4.79 Å². The summed E-state index contributed by atoms with van der Waals surface area (Å²) in [5, 5.41) is 2.92. The van der Waals surface area contributed by atoms with Gasteiger partial charge in [-0.3, -0.25) is 4.79 Å². The molecule has 1 heterocycles. The summed E-state index contributed by atoms with van der Waals surface area (Å²) in [5.74, 6) is 0.0403. The van der Waals surface area contributed by atoms with Crippen LogP contribution in [0.5, 0.6) is 0 Å². The third-order valence-electron chi connectivity index (χ3n) is 4.33. The molecule has 3 N–H and O–H groups in total. The van der Waals surface area contributed by atoms with Crippen molar-refractivity contribution in [1.29, 1.82) is 0 Å². The molecule has 3 rings (SSSR count). The number of anilines is 1. The quantitative estimate of drug-likeness (QED) is 0.887. The summed E-state index contributed by atoms with van der Waals surface area (Å²) < 4.78 is 0. The summed E-state index contributed by atoms with van der Waals surface area (Å²) in [6.45, 7) is 5.94. The van der Waals surface area contributed by atoms with E-state index in [0.29, 0.717) is 0 Å². The van der Waals surface area contributed by atoms with Crippen molar-refractivity contribution in [3.05, 3.63) is 64.7 Å². The molecule has 108 valence electrons. The Morgan fingerprint density at radius 3 is 2.33 bits per heavy atom. The fourth-order valence-electron chi connectivity index (χ4n) is 2.75. The van der Waals surface area contributed by atoms with Gasteiger partial charge >= 0.3 is 0 Å². The van der Waals surface area contributed by atoms with Crippen LogP contribution in [0.2, 0.25) is 0 Å². The highest BCUT2D eigenvalue weighted by atomic mass is 16.2. The summed E-state index contributed by atoms with van der Waals surface area (Å²) in [7, 11) is 0. The second-order valence-corrected chi connectivity index (χ2v) is 6.27. The van der Waals surface area contributed by atoms with Crippen molar-refractivity contribution in [2.75, 3.05) is 5.32 Å². The molecule has 0 aromatic heterocycles. The van der Waals surface area contributed by atoms with E-state index in [1.807, 2.05) is 26.0 Å². The fraction of sp³-hybridized carbons (Fsp3) is 0.278. The summed E-state index contributed by atoms with van der Waals surface area (Å²) in [5.41, 5.74) is 11.1. The molecule has 0 saturated heterocycles. The molecular weight excluding hydrogens is 260 g/mol. The van der Waals surface area contributed by atoms with Gasteiger partial charge in [0.1, 0.15) is 0 Å². The Balaban J connectivity index is 2.00. The zero-order valence-electron chi connectivity index (χ0n) is 12.6. The van der Waals surface area contributed by atoms with Gasteiger partial charge in [-0.15, -0.1) is 0 Å². The minimum atomic E-state index is -0.502. The highest BCUT2D eigenvalue weighted by Crippen LogP contribution is 2.38. The van der Waals surface area contributed by atoms with E-state index in [1.54, 1.807) is 0 Å². The van der Waals surface area contributed by atoms with Crippen LogP contribution in [0.25, 0.3) is 0 Å². The summed E-state index contributed by atoms with van der Waals surface area (Å²) in [6, 6.07) is 14.1. The Morgan fingerprint density at radius 2 is 1.67 bits per heavy atom. The highest BCUT2D eigenvalue weighted by Gasteiger charge is 2.38. The number of rotatable bonds is 2. The first-order chi connectivity index (χ1) is 9.89. The van der Waals surface area contributed by atoms with Crippen LogP contribution in [-0.2, 0) is 10.2 Å². The van der Waals surface area contributed by atoms with E-state index >= 15 is 0 Å². The molecule has 1 aliphatic heterocycles. The van der Waals surface area contributed by atoms with Crippen molar-refractivity contribution in [1.82, 2.24) is 0 Å². The summed E-state index contributed by atoms with van der Waals surface area (Å²) >= 11 is 0. The topological polar surface area (TPSA) is 55.1 Å². The largest absolute Gasteiger partial charge is 0.325 e. The van der Waals surface area contributed by atoms with E-state index in [0.717, 1.165) is 22.4 Å². The van der Waals surface area contributed by atoms with Gasteiger partial charge in [-0.2, -0.15) is 0 Å². The summed E-state index contributed by atoms with van der Waals surface area (Å²) in [6.07, 6.45) is 0. The number of hydrogen-bond donors (Lipinski definition) is 2. The lowest BCUT2D eigenvalue weighted by atomic mass is 9.84. The van der Waals surface area contributed by atoms with Gasteiger partial charge in [-0.25, -0.2) is 0 Å². The molecule has 0 bridgehead atoms. The van der Waals surface area contributed by atoms with Gasteiger partial charge in [0.05, 0.1) is 11.5 Å². The summed E-state index contributed by atoms with van der Waals surface area (Å²) in [4.78, 5) is 12.0. The predicted octanol–water partition coefficient (Wildman–Crippen LogP) is 3.27. The van der Waals surface area contributed by atoms with Crippen molar-refractivity contribution in [3.63, 3.8) is 0 Å². The van der Waals surface area contributed by atoms with Crippen molar-refractivity contribution in [2.24, 2.45) is 5.73 Å². The second kappa shape index (κ2) is 4.71. The predicted molar refractivity (Wildman–Crippen MR) is 85.3 cm³/mol. The normalized spacial score (nSPS) is 17.2. The van der Waals surface area contributed by atoms with E-state index in [4.69, 9.17) is 5.73 Å². The van der Waals surface area contributed by atoms with Gasteiger partial charge in [-0.05, 0) is 43.5 Å². The van der Waals surface area contributed by atoms with Crippen molar-refractivity contribution >= 4 is 11.6 Å². The molecule has 1 aliphatic rings. The lowest BCUT2D eigenvalue weighted by Gasteiger charge is -2.18. The van der Waals surface area contributed by atoms with Gasteiger partial charge in [0.25, 0.3) is 0 Å². The number of nitrogens with two attached hydrogens (primary N) is 1. The molecular formula is C18H20N2O. The molecule has 1 unspecified atom stereocenters. The van der Waals surface area contributed by atoms with Gasteiger partial charge in [0.15, 0.2) is 0 Å². The molecule has 3 heteroatoms. The number of fused-ring (bicyclic) bond motifs is 1. The first-order valence-corrected chi connectivity index (χ1v) is 7.17. The number of nitrogens with one attached hydrogen (secondary N) is 1. The van der Waals surface area contributed by atoms with Crippen LogP contribution in [0, 0.1) is 6.92 Å². The molecule has 21 heavy (non-hydrogen) atoms. The number of carbonyl (C=O) groups excluding carboxylic acids is 1. The Bertz CT molecular complexity index is 702. The standard InChI is InChI=1S/C18H20N2O/c1-11-4-6-12(7-5-11)16(19)13-8-9-15-14(10-13)18(2,3)17(21)20-15/h4-10,16H,19H2,1-3H3,(H,20,21).